The average molecular weight is 254 g/mol. The Morgan fingerprint density at radius 3 is 2.84 bits per heavy atom. The van der Waals surface area contributed by atoms with Gasteiger partial charge >= 0.3 is 0 Å². The van der Waals surface area contributed by atoms with E-state index in [4.69, 9.17) is 11.5 Å². The van der Waals surface area contributed by atoms with Crippen LogP contribution in [0.3, 0.4) is 0 Å². The van der Waals surface area contributed by atoms with Gasteiger partial charge in [0.1, 0.15) is 6.67 Å². The smallest absolute Gasteiger partial charge is 0.187 e. The second-order valence-corrected chi connectivity index (χ2v) is 4.28. The summed E-state index contributed by atoms with van der Waals surface area (Å²) >= 11 is 0. The minimum atomic E-state index is 0.0634. The molecule has 0 unspecified atom stereocenters. The summed E-state index contributed by atoms with van der Waals surface area (Å²) in [4.78, 5) is 14.8. The topological polar surface area (TPSA) is 93.4 Å². The summed E-state index contributed by atoms with van der Waals surface area (Å²) in [6.45, 7) is 0.338. The molecular formula is C13H14N6. The highest BCUT2D eigenvalue weighted by Gasteiger charge is 2.23. The molecule has 2 heterocycles. The van der Waals surface area contributed by atoms with Gasteiger partial charge in [0.15, 0.2) is 11.8 Å². The number of rotatable bonds is 2. The van der Waals surface area contributed by atoms with Gasteiger partial charge in [0.2, 0.25) is 0 Å². The summed E-state index contributed by atoms with van der Waals surface area (Å²) in [5.74, 6) is 0.875. The minimum Gasteiger partial charge on any atom is -0.370 e. The summed E-state index contributed by atoms with van der Waals surface area (Å²) in [5.41, 5.74) is 14.0. The maximum Gasteiger partial charge on any atom is 0.187 e. The van der Waals surface area contributed by atoms with E-state index in [1.54, 1.807) is 12.4 Å². The van der Waals surface area contributed by atoms with Crippen LogP contribution in [0.1, 0.15) is 11.3 Å². The highest BCUT2D eigenvalue weighted by molar-refractivity contribution is 5.77. The number of hydrogen-bond donors (Lipinski definition) is 2. The molecule has 1 aromatic carbocycles. The molecule has 3 rings (SSSR count). The lowest BCUT2D eigenvalue weighted by Gasteiger charge is -2.29. The highest BCUT2D eigenvalue weighted by Crippen LogP contribution is 2.35. The van der Waals surface area contributed by atoms with E-state index in [0.29, 0.717) is 6.67 Å². The van der Waals surface area contributed by atoms with Gasteiger partial charge in [-0.1, -0.05) is 18.2 Å². The number of fused-ring (bicyclic) bond motifs is 2. The lowest BCUT2D eigenvalue weighted by molar-refractivity contribution is 0.875. The Labute approximate surface area is 110 Å². The van der Waals surface area contributed by atoms with E-state index >= 15 is 0 Å². The number of para-hydroxylation sites is 1. The number of anilines is 2. The van der Waals surface area contributed by atoms with Crippen LogP contribution in [-0.2, 0) is 6.42 Å². The zero-order chi connectivity index (χ0) is 13.2. The van der Waals surface area contributed by atoms with Crippen molar-refractivity contribution < 1.29 is 0 Å². The molecule has 0 saturated carbocycles. The van der Waals surface area contributed by atoms with E-state index in [-0.39, 0.29) is 5.96 Å². The molecule has 96 valence electrons. The molecule has 1 aromatic heterocycles. The summed E-state index contributed by atoms with van der Waals surface area (Å²) in [7, 11) is 0. The maximum atomic E-state index is 5.41. The van der Waals surface area contributed by atoms with Gasteiger partial charge in [-0.15, -0.1) is 0 Å². The van der Waals surface area contributed by atoms with Crippen molar-refractivity contribution in [1.29, 1.82) is 0 Å². The normalized spacial score (nSPS) is 12.5. The Bertz CT molecular complexity index is 587. The second-order valence-electron chi connectivity index (χ2n) is 4.28. The fourth-order valence-corrected chi connectivity index (χ4v) is 2.22. The molecule has 1 aliphatic rings. The van der Waals surface area contributed by atoms with E-state index in [0.717, 1.165) is 23.6 Å². The number of hydrogen-bond acceptors (Lipinski definition) is 4. The first-order chi connectivity index (χ1) is 9.25. The van der Waals surface area contributed by atoms with Crippen molar-refractivity contribution in [3.05, 3.63) is 47.9 Å². The van der Waals surface area contributed by atoms with Crippen molar-refractivity contribution in [1.82, 2.24) is 9.97 Å². The Morgan fingerprint density at radius 1 is 1.21 bits per heavy atom. The minimum absolute atomic E-state index is 0.0634. The maximum absolute atomic E-state index is 5.41. The number of aromatic nitrogens is 2. The molecule has 1 aliphatic heterocycles. The van der Waals surface area contributed by atoms with Gasteiger partial charge in [-0.3, -0.25) is 4.98 Å². The van der Waals surface area contributed by atoms with Gasteiger partial charge in [-0.25, -0.2) is 9.98 Å². The van der Waals surface area contributed by atoms with Crippen LogP contribution in [0.5, 0.6) is 0 Å². The van der Waals surface area contributed by atoms with Gasteiger partial charge in [0, 0.05) is 24.5 Å². The van der Waals surface area contributed by atoms with Crippen molar-refractivity contribution in [2.24, 2.45) is 16.5 Å². The number of nitrogens with two attached hydrogens (primary N) is 2. The van der Waals surface area contributed by atoms with Crippen LogP contribution in [0.2, 0.25) is 0 Å². The van der Waals surface area contributed by atoms with Crippen LogP contribution in [0.25, 0.3) is 0 Å². The zero-order valence-electron chi connectivity index (χ0n) is 10.3. The molecule has 6 nitrogen and oxygen atoms in total. The molecule has 6 heteroatoms. The van der Waals surface area contributed by atoms with Crippen molar-refractivity contribution in [2.45, 2.75) is 6.42 Å². The van der Waals surface area contributed by atoms with E-state index in [1.165, 1.54) is 5.56 Å². The predicted octanol–water partition coefficient (Wildman–Crippen LogP) is 0.750. The van der Waals surface area contributed by atoms with Crippen molar-refractivity contribution >= 4 is 17.5 Å². The van der Waals surface area contributed by atoms with Gasteiger partial charge < -0.3 is 16.4 Å². The number of aliphatic imine (C=N–C) groups is 1. The fourth-order valence-electron chi connectivity index (χ4n) is 2.22. The van der Waals surface area contributed by atoms with Gasteiger partial charge in [0.05, 0.1) is 5.69 Å². The van der Waals surface area contributed by atoms with Gasteiger partial charge in [-0.05, 0) is 11.6 Å². The number of nitrogens with zero attached hydrogens (tertiary/aromatic N) is 4. The standard InChI is InChI=1S/C13H14N6/c14-13(15)18-8-19-11-4-2-1-3-9(11)7-10-12(19)17-6-5-16-10/h1-6H,7-8H2,(H4,14,15,18). The first kappa shape index (κ1) is 11.5. The van der Waals surface area contributed by atoms with Crippen molar-refractivity contribution in [3.63, 3.8) is 0 Å². The molecule has 0 radical (unpaired) electrons. The molecule has 0 amide bonds. The van der Waals surface area contributed by atoms with E-state index < -0.39 is 0 Å². The van der Waals surface area contributed by atoms with Crippen molar-refractivity contribution in [2.75, 3.05) is 11.6 Å². The summed E-state index contributed by atoms with van der Waals surface area (Å²) < 4.78 is 0. The lowest BCUT2D eigenvalue weighted by Crippen LogP contribution is -2.29. The first-order valence-corrected chi connectivity index (χ1v) is 5.96. The van der Waals surface area contributed by atoms with Crippen LogP contribution < -0.4 is 16.4 Å². The Kier molecular flexibility index (Phi) is 2.75. The van der Waals surface area contributed by atoms with Gasteiger partial charge in [-0.2, -0.15) is 0 Å². The molecule has 0 atom stereocenters. The summed E-state index contributed by atoms with van der Waals surface area (Å²) in [6, 6.07) is 8.12. The van der Waals surface area contributed by atoms with E-state index in [9.17, 15) is 0 Å². The van der Waals surface area contributed by atoms with Crippen LogP contribution in [0, 0.1) is 0 Å². The summed E-state index contributed by atoms with van der Waals surface area (Å²) in [6.07, 6.45) is 4.15. The first-order valence-electron chi connectivity index (χ1n) is 5.96. The van der Waals surface area contributed by atoms with Crippen LogP contribution >= 0.6 is 0 Å². The summed E-state index contributed by atoms with van der Waals surface area (Å²) in [5, 5.41) is 0. The third kappa shape index (κ3) is 2.08. The van der Waals surface area contributed by atoms with E-state index in [1.807, 2.05) is 23.1 Å². The molecule has 4 N–H and O–H groups in total. The Balaban J connectivity index is 2.08. The molecule has 2 aromatic rings. The van der Waals surface area contributed by atoms with Crippen LogP contribution in [0.15, 0.2) is 41.7 Å². The lowest BCUT2D eigenvalue weighted by atomic mass is 10.0. The number of guanidine groups is 1. The molecule has 19 heavy (non-hydrogen) atoms. The van der Waals surface area contributed by atoms with E-state index in [2.05, 4.69) is 21.0 Å². The quantitative estimate of drug-likeness (QED) is 0.609. The number of benzene rings is 1. The molecular weight excluding hydrogens is 240 g/mol. The predicted molar refractivity (Wildman–Crippen MR) is 74.1 cm³/mol. The SMILES string of the molecule is NC(N)=NCN1c2ccccc2Cc2nccnc21. The monoisotopic (exact) mass is 254 g/mol. The zero-order valence-corrected chi connectivity index (χ0v) is 10.3. The molecule has 0 bridgehead atoms. The largest absolute Gasteiger partial charge is 0.370 e. The Morgan fingerprint density at radius 2 is 2.00 bits per heavy atom. The fraction of sp³-hybridized carbons (Fsp3) is 0.154. The highest BCUT2D eigenvalue weighted by atomic mass is 15.3. The van der Waals surface area contributed by atoms with Crippen molar-refractivity contribution in [3.8, 4) is 0 Å². The Hall–Kier alpha value is -2.63. The van der Waals surface area contributed by atoms with Crippen LogP contribution in [-0.4, -0.2) is 22.6 Å². The average Bonchev–Trinajstić information content (AvgIpc) is 2.43. The third-order valence-corrected chi connectivity index (χ3v) is 3.04. The van der Waals surface area contributed by atoms with Gasteiger partial charge in [0.25, 0.3) is 0 Å². The second kappa shape index (κ2) is 4.56. The molecule has 0 spiro atoms. The molecule has 0 fully saturated rings. The van der Waals surface area contributed by atoms with Crippen LogP contribution in [0.4, 0.5) is 11.5 Å². The molecule has 0 saturated heterocycles. The third-order valence-electron chi connectivity index (χ3n) is 3.04. The molecule has 0 aliphatic carbocycles.